The number of rotatable bonds is 4. The van der Waals surface area contributed by atoms with Gasteiger partial charge >= 0.3 is 12.1 Å². The smallest absolute Gasteiger partial charge is 0.412 e. The average molecular weight is 334 g/mol. The maximum absolute atomic E-state index is 12.1. The van der Waals surface area contributed by atoms with Crippen LogP contribution in [0.2, 0.25) is 4.34 Å². The van der Waals surface area contributed by atoms with Crippen molar-refractivity contribution in [3.63, 3.8) is 0 Å². The van der Waals surface area contributed by atoms with Crippen LogP contribution in [0.4, 0.5) is 4.79 Å². The van der Waals surface area contributed by atoms with E-state index in [4.69, 9.17) is 16.3 Å². The summed E-state index contributed by atoms with van der Waals surface area (Å²) in [5, 5.41) is 8.84. The van der Waals surface area contributed by atoms with E-state index in [1.165, 1.54) is 34.1 Å². The number of amides is 1. The number of hydrogen-bond donors (Lipinski definition) is 1. The van der Waals surface area contributed by atoms with Crippen LogP contribution in [0.25, 0.3) is 0 Å². The molecule has 5 nitrogen and oxygen atoms in total. The van der Waals surface area contributed by atoms with Gasteiger partial charge < -0.3 is 9.84 Å². The highest BCUT2D eigenvalue weighted by molar-refractivity contribution is 7.99. The zero-order chi connectivity index (χ0) is 14.7. The van der Waals surface area contributed by atoms with Gasteiger partial charge in [0.15, 0.2) is 0 Å². The van der Waals surface area contributed by atoms with Crippen LogP contribution < -0.4 is 0 Å². The van der Waals surface area contributed by atoms with E-state index >= 15 is 0 Å². The Bertz CT molecular complexity index is 533. The van der Waals surface area contributed by atoms with Crippen molar-refractivity contribution in [2.24, 2.45) is 0 Å². The summed E-state index contributed by atoms with van der Waals surface area (Å²) >= 11 is 8.60. The monoisotopic (exact) mass is 333 g/mol. The van der Waals surface area contributed by atoms with Crippen LogP contribution in [0.5, 0.6) is 0 Å². The van der Waals surface area contributed by atoms with E-state index in [0.29, 0.717) is 10.1 Å². The number of carbonyl (C=O) groups is 2. The molecule has 0 spiro atoms. The van der Waals surface area contributed by atoms with Gasteiger partial charge in [-0.3, -0.25) is 4.90 Å². The molecule has 20 heavy (non-hydrogen) atoms. The Morgan fingerprint density at radius 1 is 1.60 bits per heavy atom. The van der Waals surface area contributed by atoms with Gasteiger partial charge in [-0.2, -0.15) is 0 Å². The maximum atomic E-state index is 12.1. The molecule has 1 amide bonds. The normalized spacial score (nSPS) is 21.8. The fourth-order valence-electron chi connectivity index (χ4n) is 1.80. The third kappa shape index (κ3) is 3.11. The van der Waals surface area contributed by atoms with E-state index in [0.717, 1.165) is 4.88 Å². The first-order valence-electron chi connectivity index (χ1n) is 5.70. The molecule has 1 aromatic rings. The van der Waals surface area contributed by atoms with Crippen molar-refractivity contribution >= 4 is 46.8 Å². The lowest BCUT2D eigenvalue weighted by atomic mass is 10.3. The molecule has 2 unspecified atom stereocenters. The van der Waals surface area contributed by atoms with Gasteiger partial charge in [0.2, 0.25) is 0 Å². The van der Waals surface area contributed by atoms with Crippen molar-refractivity contribution in [1.82, 2.24) is 4.90 Å². The van der Waals surface area contributed by atoms with E-state index in [2.05, 4.69) is 6.58 Å². The molecule has 1 fully saturated rings. The molecule has 1 N–H and O–H groups in total. The first-order valence-corrected chi connectivity index (χ1v) is 7.94. The molecule has 0 bridgehead atoms. The molecule has 2 heterocycles. The zero-order valence-electron chi connectivity index (χ0n) is 10.3. The molecule has 8 heteroatoms. The topological polar surface area (TPSA) is 66.8 Å². The Balaban J connectivity index is 2.24. The molecule has 0 aliphatic carbocycles. The van der Waals surface area contributed by atoms with Gasteiger partial charge in [-0.15, -0.1) is 23.1 Å². The van der Waals surface area contributed by atoms with E-state index in [1.54, 1.807) is 12.1 Å². The number of nitrogens with zero attached hydrogens (tertiary/aromatic N) is 1. The average Bonchev–Trinajstić information content (AvgIpc) is 3.01. The summed E-state index contributed by atoms with van der Waals surface area (Å²) in [5.41, 5.74) is 0. The summed E-state index contributed by atoms with van der Waals surface area (Å²) in [7, 11) is 0. The zero-order valence-corrected chi connectivity index (χ0v) is 12.7. The van der Waals surface area contributed by atoms with Gasteiger partial charge in [-0.25, -0.2) is 9.59 Å². The minimum absolute atomic E-state index is 0.0459. The minimum Gasteiger partial charge on any atom is -0.480 e. The second-order valence-corrected chi connectivity index (χ2v) is 6.81. The fraction of sp³-hybridized carbons (Fsp3) is 0.333. The Kier molecular flexibility index (Phi) is 4.95. The Morgan fingerprint density at radius 3 is 2.90 bits per heavy atom. The van der Waals surface area contributed by atoms with E-state index in [9.17, 15) is 14.7 Å². The van der Waals surface area contributed by atoms with Gasteiger partial charge in [-0.05, 0) is 12.1 Å². The van der Waals surface area contributed by atoms with Crippen LogP contribution >= 0.6 is 34.7 Å². The van der Waals surface area contributed by atoms with Crippen molar-refractivity contribution in [2.75, 3.05) is 12.4 Å². The molecule has 2 rings (SSSR count). The molecule has 1 aliphatic heterocycles. The number of carbonyl (C=O) groups excluding carboxylic acids is 1. The standard InChI is InChI=1S/C12H12ClNO4S2/c1-2-5-18-12(17)14-7(11(15)16)6-19-10(14)8-3-4-9(13)20-8/h2-4,7,10H,1,5-6H2,(H,15,16). The second-order valence-electron chi connectivity index (χ2n) is 3.95. The largest absolute Gasteiger partial charge is 0.480 e. The molecule has 108 valence electrons. The van der Waals surface area contributed by atoms with Crippen LogP contribution in [0.15, 0.2) is 24.8 Å². The molecule has 1 saturated heterocycles. The third-order valence-electron chi connectivity index (χ3n) is 2.66. The molecular formula is C12H12ClNO4S2. The Hall–Kier alpha value is -1.18. The summed E-state index contributed by atoms with van der Waals surface area (Å²) in [5.74, 6) is -0.725. The first-order chi connectivity index (χ1) is 9.54. The van der Waals surface area contributed by atoms with Crippen molar-refractivity contribution in [3.05, 3.63) is 34.0 Å². The highest BCUT2D eigenvalue weighted by Gasteiger charge is 2.43. The highest BCUT2D eigenvalue weighted by atomic mass is 35.5. The van der Waals surface area contributed by atoms with Crippen molar-refractivity contribution < 1.29 is 19.4 Å². The van der Waals surface area contributed by atoms with Gasteiger partial charge in [-0.1, -0.05) is 24.3 Å². The lowest BCUT2D eigenvalue weighted by Gasteiger charge is -2.25. The van der Waals surface area contributed by atoms with Crippen LogP contribution in [-0.2, 0) is 9.53 Å². The number of thiophene rings is 1. The molecule has 0 saturated carbocycles. The number of aliphatic carboxylic acids is 1. The number of carboxylic acid groups (broad SMARTS) is 1. The number of halogens is 1. The molecular weight excluding hydrogens is 322 g/mol. The number of carboxylic acids is 1. The predicted molar refractivity (Wildman–Crippen MR) is 79.3 cm³/mol. The van der Waals surface area contributed by atoms with Crippen LogP contribution in [0.3, 0.4) is 0 Å². The van der Waals surface area contributed by atoms with E-state index in [-0.39, 0.29) is 12.0 Å². The van der Waals surface area contributed by atoms with Crippen LogP contribution in [-0.4, -0.2) is 40.5 Å². The molecule has 2 atom stereocenters. The first kappa shape index (κ1) is 15.2. The van der Waals surface area contributed by atoms with Crippen LogP contribution in [0, 0.1) is 0 Å². The lowest BCUT2D eigenvalue weighted by Crippen LogP contribution is -2.43. The predicted octanol–water partition coefficient (Wildman–Crippen LogP) is 3.22. The summed E-state index contributed by atoms with van der Waals surface area (Å²) in [6.07, 6.45) is 0.783. The molecule has 1 aromatic heterocycles. The highest BCUT2D eigenvalue weighted by Crippen LogP contribution is 2.44. The van der Waals surface area contributed by atoms with Crippen molar-refractivity contribution in [2.45, 2.75) is 11.4 Å². The summed E-state index contributed by atoms with van der Waals surface area (Å²) in [6, 6.07) is 2.62. The fourth-order valence-corrected chi connectivity index (χ4v) is 4.50. The number of hydrogen-bond acceptors (Lipinski definition) is 5. The van der Waals surface area contributed by atoms with Gasteiger partial charge in [0.1, 0.15) is 18.0 Å². The quantitative estimate of drug-likeness (QED) is 0.857. The summed E-state index contributed by atoms with van der Waals surface area (Å²) in [6.45, 7) is 3.51. The van der Waals surface area contributed by atoms with Crippen molar-refractivity contribution in [3.8, 4) is 0 Å². The minimum atomic E-state index is -1.04. The van der Waals surface area contributed by atoms with Crippen molar-refractivity contribution in [1.29, 1.82) is 0 Å². The third-order valence-corrected chi connectivity index (χ3v) is 5.40. The van der Waals surface area contributed by atoms with E-state index < -0.39 is 18.1 Å². The Morgan fingerprint density at radius 2 is 2.35 bits per heavy atom. The van der Waals surface area contributed by atoms with Crippen LogP contribution in [0.1, 0.15) is 10.3 Å². The summed E-state index contributed by atoms with van der Waals surface area (Å²) < 4.78 is 5.57. The lowest BCUT2D eigenvalue weighted by molar-refractivity contribution is -0.141. The SMILES string of the molecule is C=CCOC(=O)N1C(C(=O)O)CSC1c1ccc(Cl)s1. The molecule has 0 radical (unpaired) electrons. The second kappa shape index (κ2) is 6.51. The number of ether oxygens (including phenoxy) is 1. The van der Waals surface area contributed by atoms with Gasteiger partial charge in [0.05, 0.1) is 4.34 Å². The Labute approximate surface area is 129 Å². The van der Waals surface area contributed by atoms with Gasteiger partial charge in [0.25, 0.3) is 0 Å². The molecule has 0 aromatic carbocycles. The van der Waals surface area contributed by atoms with Gasteiger partial charge in [0, 0.05) is 10.6 Å². The van der Waals surface area contributed by atoms with E-state index in [1.807, 2.05) is 0 Å². The maximum Gasteiger partial charge on any atom is 0.412 e. The molecule has 1 aliphatic rings. The summed E-state index contributed by atoms with van der Waals surface area (Å²) in [4.78, 5) is 25.4. The number of thioether (sulfide) groups is 1.